The van der Waals surface area contributed by atoms with Crippen LogP contribution in [0.2, 0.25) is 0 Å². The molecule has 1 atom stereocenters. The van der Waals surface area contributed by atoms with E-state index in [4.69, 9.17) is 5.73 Å². The van der Waals surface area contributed by atoms with Crippen LogP contribution < -0.4 is 11.1 Å². The minimum atomic E-state index is -0.552. The van der Waals surface area contributed by atoms with Gasteiger partial charge in [0.2, 0.25) is 5.91 Å². The van der Waals surface area contributed by atoms with Crippen LogP contribution in [0.15, 0.2) is 30.3 Å². The molecule has 0 saturated heterocycles. The normalized spacial score (nSPS) is 18.5. The Morgan fingerprint density at radius 1 is 1.41 bits per heavy atom. The van der Waals surface area contributed by atoms with E-state index in [1.165, 1.54) is 12.8 Å². The van der Waals surface area contributed by atoms with Gasteiger partial charge in [-0.3, -0.25) is 4.79 Å². The van der Waals surface area contributed by atoms with Crippen molar-refractivity contribution < 1.29 is 4.79 Å². The number of nitrogens with one attached hydrogen (secondary N) is 1. The lowest BCUT2D eigenvalue weighted by Gasteiger charge is -2.16. The van der Waals surface area contributed by atoms with E-state index >= 15 is 0 Å². The van der Waals surface area contributed by atoms with Crippen molar-refractivity contribution in [3.05, 3.63) is 35.9 Å². The van der Waals surface area contributed by atoms with E-state index < -0.39 is 6.04 Å². The lowest BCUT2D eigenvalue weighted by Crippen LogP contribution is -2.37. The fraction of sp³-hybridized carbons (Fsp3) is 0.500. The van der Waals surface area contributed by atoms with Gasteiger partial charge in [-0.1, -0.05) is 37.3 Å². The molecule has 0 aromatic heterocycles. The van der Waals surface area contributed by atoms with E-state index in [0.29, 0.717) is 5.41 Å². The maximum atomic E-state index is 11.9. The topological polar surface area (TPSA) is 55.1 Å². The summed E-state index contributed by atoms with van der Waals surface area (Å²) in [6.45, 7) is 2.94. The number of hydrogen-bond acceptors (Lipinski definition) is 2. The van der Waals surface area contributed by atoms with Gasteiger partial charge in [-0.05, 0) is 30.2 Å². The zero-order valence-corrected chi connectivity index (χ0v) is 10.3. The largest absolute Gasteiger partial charge is 0.354 e. The molecule has 1 aliphatic rings. The molecule has 1 unspecified atom stereocenters. The van der Waals surface area contributed by atoms with Gasteiger partial charge in [0.15, 0.2) is 0 Å². The summed E-state index contributed by atoms with van der Waals surface area (Å²) in [4.78, 5) is 11.9. The van der Waals surface area contributed by atoms with Crippen molar-refractivity contribution in [2.24, 2.45) is 11.1 Å². The summed E-state index contributed by atoms with van der Waals surface area (Å²) in [7, 11) is 0. The summed E-state index contributed by atoms with van der Waals surface area (Å²) in [5.74, 6) is -0.0732. The van der Waals surface area contributed by atoms with Crippen LogP contribution in [0, 0.1) is 5.41 Å². The Hall–Kier alpha value is -1.35. The molecule has 0 spiro atoms. The summed E-state index contributed by atoms with van der Waals surface area (Å²) in [6, 6.07) is 8.94. The first-order chi connectivity index (χ1) is 8.17. The fourth-order valence-electron chi connectivity index (χ4n) is 2.03. The summed E-state index contributed by atoms with van der Waals surface area (Å²) >= 11 is 0. The number of amides is 1. The Morgan fingerprint density at radius 2 is 2.06 bits per heavy atom. The molecule has 17 heavy (non-hydrogen) atoms. The molecule has 3 N–H and O–H groups in total. The van der Waals surface area contributed by atoms with Gasteiger partial charge in [-0.2, -0.15) is 0 Å². The average molecular weight is 232 g/mol. The highest BCUT2D eigenvalue weighted by Gasteiger charge is 2.40. The van der Waals surface area contributed by atoms with Gasteiger partial charge in [-0.15, -0.1) is 0 Å². The van der Waals surface area contributed by atoms with Crippen molar-refractivity contribution in [2.75, 3.05) is 6.54 Å². The molecular formula is C14H20N2O. The van der Waals surface area contributed by atoms with Crippen LogP contribution >= 0.6 is 0 Å². The molecule has 92 valence electrons. The predicted octanol–water partition coefficient (Wildman–Crippen LogP) is 1.99. The molecule has 2 rings (SSSR count). The number of hydrogen-bond donors (Lipinski definition) is 2. The third-order valence-corrected chi connectivity index (χ3v) is 3.79. The fourth-order valence-corrected chi connectivity index (χ4v) is 2.03. The Kier molecular flexibility index (Phi) is 3.48. The van der Waals surface area contributed by atoms with Gasteiger partial charge < -0.3 is 11.1 Å². The summed E-state index contributed by atoms with van der Waals surface area (Å²) in [5.41, 5.74) is 7.15. The molecule has 1 aromatic carbocycles. The molecule has 1 fully saturated rings. The molecule has 1 aromatic rings. The quantitative estimate of drug-likeness (QED) is 0.815. The van der Waals surface area contributed by atoms with E-state index in [-0.39, 0.29) is 5.91 Å². The number of benzene rings is 1. The third-order valence-electron chi connectivity index (χ3n) is 3.79. The highest BCUT2D eigenvalue weighted by molar-refractivity contribution is 5.82. The van der Waals surface area contributed by atoms with Crippen molar-refractivity contribution in [2.45, 2.75) is 32.2 Å². The van der Waals surface area contributed by atoms with E-state index in [9.17, 15) is 4.79 Å². The zero-order valence-electron chi connectivity index (χ0n) is 10.3. The van der Waals surface area contributed by atoms with E-state index in [1.54, 1.807) is 0 Å². The lowest BCUT2D eigenvalue weighted by molar-refractivity contribution is -0.122. The van der Waals surface area contributed by atoms with Crippen molar-refractivity contribution in [1.29, 1.82) is 0 Å². The van der Waals surface area contributed by atoms with E-state index in [0.717, 1.165) is 18.5 Å². The Morgan fingerprint density at radius 3 is 2.59 bits per heavy atom. The smallest absolute Gasteiger partial charge is 0.241 e. The Labute approximate surface area is 102 Å². The first kappa shape index (κ1) is 12.1. The molecule has 0 aliphatic heterocycles. The molecule has 0 bridgehead atoms. The molecule has 1 amide bonds. The lowest BCUT2D eigenvalue weighted by atomic mass is 10.0. The highest BCUT2D eigenvalue weighted by Crippen LogP contribution is 2.47. The number of rotatable bonds is 5. The first-order valence-corrected chi connectivity index (χ1v) is 6.25. The van der Waals surface area contributed by atoms with Crippen LogP contribution in [0.1, 0.15) is 37.8 Å². The van der Waals surface area contributed by atoms with Crippen LogP contribution in [-0.2, 0) is 4.79 Å². The second-order valence-electron chi connectivity index (χ2n) is 4.96. The van der Waals surface area contributed by atoms with Crippen molar-refractivity contribution in [3.63, 3.8) is 0 Å². The van der Waals surface area contributed by atoms with Crippen LogP contribution in [0.25, 0.3) is 0 Å². The molecule has 0 radical (unpaired) electrons. The van der Waals surface area contributed by atoms with Crippen molar-refractivity contribution in [3.8, 4) is 0 Å². The Balaban J connectivity index is 1.88. The van der Waals surface area contributed by atoms with Gasteiger partial charge in [0, 0.05) is 6.54 Å². The van der Waals surface area contributed by atoms with Crippen LogP contribution in [0.5, 0.6) is 0 Å². The molecule has 0 heterocycles. The first-order valence-electron chi connectivity index (χ1n) is 6.25. The molecule has 1 saturated carbocycles. The minimum absolute atomic E-state index is 0.0732. The third kappa shape index (κ3) is 2.86. The number of carbonyl (C=O) groups is 1. The molecule has 1 aliphatic carbocycles. The standard InChI is InChI=1S/C14H20N2O/c1-2-14(8-9-14)10-16-13(17)12(15)11-6-4-3-5-7-11/h3-7,12H,2,8-10,15H2,1H3,(H,16,17). The van der Waals surface area contributed by atoms with E-state index in [2.05, 4.69) is 12.2 Å². The van der Waals surface area contributed by atoms with Crippen molar-refractivity contribution >= 4 is 5.91 Å². The zero-order chi connectivity index (χ0) is 12.3. The van der Waals surface area contributed by atoms with Gasteiger partial charge in [0.1, 0.15) is 6.04 Å². The van der Waals surface area contributed by atoms with Gasteiger partial charge >= 0.3 is 0 Å². The number of nitrogens with two attached hydrogens (primary N) is 1. The predicted molar refractivity (Wildman–Crippen MR) is 68.3 cm³/mol. The molecular weight excluding hydrogens is 212 g/mol. The monoisotopic (exact) mass is 232 g/mol. The van der Waals surface area contributed by atoms with Crippen LogP contribution in [-0.4, -0.2) is 12.5 Å². The van der Waals surface area contributed by atoms with Gasteiger partial charge in [-0.25, -0.2) is 0 Å². The summed E-state index contributed by atoms with van der Waals surface area (Å²) < 4.78 is 0. The van der Waals surface area contributed by atoms with Gasteiger partial charge in [0.25, 0.3) is 0 Å². The Bertz CT molecular complexity index is 384. The molecule has 3 heteroatoms. The highest BCUT2D eigenvalue weighted by atomic mass is 16.2. The SMILES string of the molecule is CCC1(CNC(=O)C(N)c2ccccc2)CC1. The number of carbonyl (C=O) groups excluding carboxylic acids is 1. The van der Waals surface area contributed by atoms with Gasteiger partial charge in [0.05, 0.1) is 0 Å². The summed E-state index contributed by atoms with van der Waals surface area (Å²) in [6.07, 6.45) is 3.59. The second-order valence-corrected chi connectivity index (χ2v) is 4.96. The maximum absolute atomic E-state index is 11.9. The average Bonchev–Trinajstić information content (AvgIpc) is 3.17. The second kappa shape index (κ2) is 4.88. The van der Waals surface area contributed by atoms with Crippen LogP contribution in [0.3, 0.4) is 0 Å². The maximum Gasteiger partial charge on any atom is 0.241 e. The summed E-state index contributed by atoms with van der Waals surface area (Å²) in [5, 5.41) is 2.97. The van der Waals surface area contributed by atoms with Crippen LogP contribution in [0.4, 0.5) is 0 Å². The molecule has 3 nitrogen and oxygen atoms in total. The van der Waals surface area contributed by atoms with E-state index in [1.807, 2.05) is 30.3 Å². The van der Waals surface area contributed by atoms with Crippen molar-refractivity contribution in [1.82, 2.24) is 5.32 Å². The minimum Gasteiger partial charge on any atom is -0.354 e.